The molecule has 0 atom stereocenters. The fourth-order valence-electron chi connectivity index (χ4n) is 2.48. The summed E-state index contributed by atoms with van der Waals surface area (Å²) in [5, 5.41) is 3.87. The van der Waals surface area contributed by atoms with E-state index in [-0.39, 0.29) is 5.82 Å². The molecule has 23 heavy (non-hydrogen) atoms. The van der Waals surface area contributed by atoms with E-state index in [1.807, 2.05) is 18.4 Å². The molecular weight excluding hydrogens is 313 g/mol. The van der Waals surface area contributed by atoms with Crippen molar-refractivity contribution in [1.29, 1.82) is 0 Å². The van der Waals surface area contributed by atoms with Gasteiger partial charge in [0.05, 0.1) is 0 Å². The summed E-state index contributed by atoms with van der Waals surface area (Å²) in [6.45, 7) is 3.93. The molecule has 122 valence electrons. The highest BCUT2D eigenvalue weighted by molar-refractivity contribution is 7.98. The molecule has 5 nitrogen and oxygen atoms in total. The van der Waals surface area contributed by atoms with Crippen LogP contribution in [-0.2, 0) is 0 Å². The highest BCUT2D eigenvalue weighted by atomic mass is 32.2. The fourth-order valence-corrected chi connectivity index (χ4v) is 2.85. The van der Waals surface area contributed by atoms with Gasteiger partial charge in [-0.25, -0.2) is 14.4 Å². The van der Waals surface area contributed by atoms with Crippen LogP contribution in [0.25, 0.3) is 0 Å². The maximum absolute atomic E-state index is 13.3. The van der Waals surface area contributed by atoms with Gasteiger partial charge in [-0.1, -0.05) is 17.8 Å². The van der Waals surface area contributed by atoms with Crippen LogP contribution in [0.5, 0.6) is 0 Å². The van der Waals surface area contributed by atoms with Gasteiger partial charge < -0.3 is 15.1 Å². The van der Waals surface area contributed by atoms with Crippen molar-refractivity contribution in [3.05, 3.63) is 36.1 Å². The Kier molecular flexibility index (Phi) is 4.97. The molecule has 0 amide bonds. The van der Waals surface area contributed by atoms with E-state index in [1.165, 1.54) is 23.9 Å². The van der Waals surface area contributed by atoms with Gasteiger partial charge in [-0.05, 0) is 31.5 Å². The van der Waals surface area contributed by atoms with Crippen molar-refractivity contribution in [2.45, 2.75) is 5.16 Å². The molecule has 1 fully saturated rings. The molecule has 7 heteroatoms. The minimum Gasteiger partial charge on any atom is -0.354 e. The standard InChI is InChI=1S/C16H20FN5S/c1-21-6-8-22(9-7-21)15-11-14(19-16(20-15)23-2)18-13-5-3-4-12(17)10-13/h3-5,10-11H,6-9H2,1-2H3,(H,18,19,20). The number of anilines is 3. The third-order valence-corrected chi connectivity index (χ3v) is 4.35. The molecule has 1 saturated heterocycles. The van der Waals surface area contributed by atoms with Gasteiger partial charge in [0.25, 0.3) is 0 Å². The number of benzene rings is 1. The molecule has 0 unspecified atom stereocenters. The topological polar surface area (TPSA) is 44.3 Å². The highest BCUT2D eigenvalue weighted by Crippen LogP contribution is 2.24. The van der Waals surface area contributed by atoms with E-state index in [1.54, 1.807) is 6.07 Å². The molecule has 1 aliphatic heterocycles. The molecule has 0 aliphatic carbocycles. The van der Waals surface area contributed by atoms with E-state index < -0.39 is 0 Å². The van der Waals surface area contributed by atoms with Gasteiger partial charge in [0.15, 0.2) is 5.16 Å². The number of rotatable bonds is 4. The number of thioether (sulfide) groups is 1. The first-order valence-corrected chi connectivity index (χ1v) is 8.75. The largest absolute Gasteiger partial charge is 0.354 e. The van der Waals surface area contributed by atoms with Gasteiger partial charge in [-0.15, -0.1) is 0 Å². The predicted octanol–water partition coefficient (Wildman–Crippen LogP) is 2.83. The molecule has 0 bridgehead atoms. The lowest BCUT2D eigenvalue weighted by molar-refractivity contribution is 0.312. The van der Waals surface area contributed by atoms with Crippen LogP contribution in [0, 0.1) is 5.82 Å². The Hall–Kier alpha value is -1.86. The monoisotopic (exact) mass is 333 g/mol. The summed E-state index contributed by atoms with van der Waals surface area (Å²) >= 11 is 1.50. The SMILES string of the molecule is CSc1nc(Nc2cccc(F)c2)cc(N2CCN(C)CC2)n1. The Bertz CT molecular complexity index is 673. The maximum Gasteiger partial charge on any atom is 0.191 e. The summed E-state index contributed by atoms with van der Waals surface area (Å²) in [5.41, 5.74) is 0.681. The zero-order valence-corrected chi connectivity index (χ0v) is 14.1. The third-order valence-electron chi connectivity index (χ3n) is 3.80. The van der Waals surface area contributed by atoms with Crippen molar-refractivity contribution in [3.63, 3.8) is 0 Å². The maximum atomic E-state index is 13.3. The lowest BCUT2D eigenvalue weighted by atomic mass is 10.3. The minimum absolute atomic E-state index is 0.270. The van der Waals surface area contributed by atoms with Crippen LogP contribution < -0.4 is 10.2 Å². The van der Waals surface area contributed by atoms with Crippen LogP contribution in [0.4, 0.5) is 21.7 Å². The van der Waals surface area contributed by atoms with E-state index in [9.17, 15) is 4.39 Å². The number of likely N-dealkylation sites (N-methyl/N-ethyl adjacent to an activating group) is 1. The average Bonchev–Trinajstić information content (AvgIpc) is 2.55. The van der Waals surface area contributed by atoms with Crippen molar-refractivity contribution in [1.82, 2.24) is 14.9 Å². The van der Waals surface area contributed by atoms with Crippen LogP contribution >= 0.6 is 11.8 Å². The van der Waals surface area contributed by atoms with E-state index in [4.69, 9.17) is 0 Å². The fraction of sp³-hybridized carbons (Fsp3) is 0.375. The first kappa shape index (κ1) is 16.0. The Morgan fingerprint density at radius 1 is 1.13 bits per heavy atom. The smallest absolute Gasteiger partial charge is 0.191 e. The van der Waals surface area contributed by atoms with Gasteiger partial charge in [0.1, 0.15) is 17.5 Å². The molecule has 2 aromatic rings. The molecular formula is C16H20FN5S. The quantitative estimate of drug-likeness (QED) is 0.686. The first-order valence-electron chi connectivity index (χ1n) is 7.53. The van der Waals surface area contributed by atoms with Gasteiger partial charge in [-0.2, -0.15) is 0 Å². The molecule has 0 saturated carbocycles. The Morgan fingerprint density at radius 3 is 2.61 bits per heavy atom. The van der Waals surface area contributed by atoms with Crippen LogP contribution in [0.15, 0.2) is 35.5 Å². The average molecular weight is 333 g/mol. The summed E-state index contributed by atoms with van der Waals surface area (Å²) in [6, 6.07) is 8.30. The summed E-state index contributed by atoms with van der Waals surface area (Å²) in [7, 11) is 2.13. The molecule has 1 aliphatic rings. The molecule has 0 spiro atoms. The second-order valence-electron chi connectivity index (χ2n) is 5.52. The van der Waals surface area contributed by atoms with E-state index in [2.05, 4.69) is 32.1 Å². The van der Waals surface area contributed by atoms with Gasteiger partial charge in [0, 0.05) is 37.9 Å². The van der Waals surface area contributed by atoms with Crippen molar-refractivity contribution in [2.75, 3.05) is 49.7 Å². The zero-order chi connectivity index (χ0) is 16.2. The summed E-state index contributed by atoms with van der Waals surface area (Å²) in [4.78, 5) is 13.6. The number of aromatic nitrogens is 2. The molecule has 0 radical (unpaired) electrons. The number of nitrogens with zero attached hydrogens (tertiary/aromatic N) is 4. The third kappa shape index (κ3) is 4.11. The highest BCUT2D eigenvalue weighted by Gasteiger charge is 2.17. The lowest BCUT2D eigenvalue weighted by Crippen LogP contribution is -2.44. The van der Waals surface area contributed by atoms with Crippen LogP contribution in [0.3, 0.4) is 0 Å². The van der Waals surface area contributed by atoms with Gasteiger partial charge in [0.2, 0.25) is 0 Å². The summed E-state index contributed by atoms with van der Waals surface area (Å²) in [5.74, 6) is 1.33. The van der Waals surface area contributed by atoms with E-state index >= 15 is 0 Å². The number of hydrogen-bond acceptors (Lipinski definition) is 6. The zero-order valence-electron chi connectivity index (χ0n) is 13.3. The number of piperazine rings is 1. The van der Waals surface area contributed by atoms with Crippen LogP contribution in [0.2, 0.25) is 0 Å². The predicted molar refractivity (Wildman–Crippen MR) is 93.2 cm³/mol. The Morgan fingerprint density at radius 2 is 1.91 bits per heavy atom. The molecule has 1 N–H and O–H groups in total. The molecule has 2 heterocycles. The first-order chi connectivity index (χ1) is 11.1. The number of halogens is 1. The molecule has 1 aromatic carbocycles. The number of hydrogen-bond donors (Lipinski definition) is 1. The molecule has 3 rings (SSSR count). The molecule has 1 aromatic heterocycles. The lowest BCUT2D eigenvalue weighted by Gasteiger charge is -2.33. The van der Waals surface area contributed by atoms with E-state index in [0.29, 0.717) is 16.7 Å². The summed E-state index contributed by atoms with van der Waals surface area (Å²) in [6.07, 6.45) is 1.95. The Labute approximate surface area is 139 Å². The van der Waals surface area contributed by atoms with Gasteiger partial charge in [-0.3, -0.25) is 0 Å². The van der Waals surface area contributed by atoms with Crippen LogP contribution in [-0.4, -0.2) is 54.4 Å². The Balaban J connectivity index is 1.84. The van der Waals surface area contributed by atoms with Crippen molar-refractivity contribution in [2.24, 2.45) is 0 Å². The van der Waals surface area contributed by atoms with E-state index in [0.717, 1.165) is 32.0 Å². The second kappa shape index (κ2) is 7.14. The van der Waals surface area contributed by atoms with Crippen molar-refractivity contribution in [3.8, 4) is 0 Å². The minimum atomic E-state index is -0.270. The van der Waals surface area contributed by atoms with Crippen LogP contribution in [0.1, 0.15) is 0 Å². The van der Waals surface area contributed by atoms with Gasteiger partial charge >= 0.3 is 0 Å². The second-order valence-corrected chi connectivity index (χ2v) is 6.30. The van der Waals surface area contributed by atoms with Crippen molar-refractivity contribution < 1.29 is 4.39 Å². The number of nitrogens with one attached hydrogen (secondary N) is 1. The normalized spacial score (nSPS) is 15.7. The summed E-state index contributed by atoms with van der Waals surface area (Å²) < 4.78 is 13.3. The van der Waals surface area contributed by atoms with Crippen molar-refractivity contribution >= 4 is 29.1 Å².